The molecule has 2 fully saturated rings. The number of amides is 1. The Hall–Kier alpha value is -1.40. The normalized spacial score (nSPS) is 25.3. The summed E-state index contributed by atoms with van der Waals surface area (Å²) in [5.41, 5.74) is 5.95. The minimum atomic E-state index is 0.0497. The van der Waals surface area contributed by atoms with Crippen LogP contribution in [0.1, 0.15) is 29.9 Å². The van der Waals surface area contributed by atoms with Crippen molar-refractivity contribution in [2.75, 3.05) is 26.2 Å². The van der Waals surface area contributed by atoms with Gasteiger partial charge in [0.25, 0.3) is 5.91 Å². The van der Waals surface area contributed by atoms with Crippen molar-refractivity contribution in [2.45, 2.75) is 31.3 Å². The van der Waals surface area contributed by atoms with Gasteiger partial charge in [-0.25, -0.2) is 4.98 Å². The van der Waals surface area contributed by atoms with Crippen LogP contribution in [0.2, 0.25) is 0 Å². The Kier molecular flexibility index (Phi) is 3.76. The molecule has 0 saturated carbocycles. The van der Waals surface area contributed by atoms with Gasteiger partial charge in [0.15, 0.2) is 5.82 Å². The number of hydrogen-bond acceptors (Lipinski definition) is 4. The lowest BCUT2D eigenvalue weighted by atomic mass is 10.0. The van der Waals surface area contributed by atoms with E-state index in [1.54, 1.807) is 10.8 Å². The van der Waals surface area contributed by atoms with Crippen LogP contribution in [0, 0.1) is 0 Å². The van der Waals surface area contributed by atoms with E-state index in [0.717, 1.165) is 45.4 Å². The fourth-order valence-corrected chi connectivity index (χ4v) is 3.22. The van der Waals surface area contributed by atoms with E-state index < -0.39 is 0 Å². The minimum Gasteiger partial charge on any atom is -0.334 e. The molecule has 110 valence electrons. The van der Waals surface area contributed by atoms with Crippen molar-refractivity contribution in [3.8, 4) is 0 Å². The van der Waals surface area contributed by atoms with Crippen molar-refractivity contribution >= 4 is 5.91 Å². The zero-order valence-electron chi connectivity index (χ0n) is 12.0. The van der Waals surface area contributed by atoms with Gasteiger partial charge in [-0.2, -0.15) is 0 Å². The fraction of sp³-hybridized carbons (Fsp3) is 0.714. The zero-order valence-corrected chi connectivity index (χ0v) is 12.0. The molecule has 0 spiro atoms. The van der Waals surface area contributed by atoms with E-state index in [2.05, 4.69) is 9.88 Å². The topological polar surface area (TPSA) is 67.4 Å². The van der Waals surface area contributed by atoms with Crippen LogP contribution in [-0.4, -0.2) is 63.5 Å². The van der Waals surface area contributed by atoms with Crippen LogP contribution >= 0.6 is 0 Å². The number of nitrogens with zero attached hydrogens (tertiary/aromatic N) is 4. The lowest BCUT2D eigenvalue weighted by Gasteiger charge is -2.34. The molecule has 2 aliphatic heterocycles. The predicted molar refractivity (Wildman–Crippen MR) is 76.3 cm³/mol. The number of imidazole rings is 1. The molecule has 6 nitrogen and oxygen atoms in total. The number of likely N-dealkylation sites (tertiary alicyclic amines) is 2. The average molecular weight is 277 g/mol. The highest BCUT2D eigenvalue weighted by molar-refractivity contribution is 5.91. The molecular weight excluding hydrogens is 254 g/mol. The summed E-state index contributed by atoms with van der Waals surface area (Å²) in [7, 11) is 1.86. The second-order valence-corrected chi connectivity index (χ2v) is 5.93. The van der Waals surface area contributed by atoms with Gasteiger partial charge in [0, 0.05) is 44.6 Å². The Bertz CT molecular complexity index is 478. The van der Waals surface area contributed by atoms with E-state index >= 15 is 0 Å². The van der Waals surface area contributed by atoms with Gasteiger partial charge in [-0.15, -0.1) is 0 Å². The van der Waals surface area contributed by atoms with Gasteiger partial charge in [-0.05, 0) is 32.4 Å². The van der Waals surface area contributed by atoms with Crippen LogP contribution in [-0.2, 0) is 7.05 Å². The standard InChI is InChI=1S/C14H23N5O/c1-17-9-5-16-13(17)14(20)19-8-4-12(10-19)18-6-2-11(15)3-7-18/h5,9,11-12H,2-4,6-8,10,15H2,1H3. The Balaban J connectivity index is 1.59. The number of rotatable bonds is 2. The highest BCUT2D eigenvalue weighted by Crippen LogP contribution is 2.21. The summed E-state index contributed by atoms with van der Waals surface area (Å²) < 4.78 is 1.79. The monoisotopic (exact) mass is 277 g/mol. The smallest absolute Gasteiger partial charge is 0.289 e. The third kappa shape index (κ3) is 2.58. The van der Waals surface area contributed by atoms with Crippen LogP contribution in [0.25, 0.3) is 0 Å². The van der Waals surface area contributed by atoms with Crippen molar-refractivity contribution in [2.24, 2.45) is 12.8 Å². The summed E-state index contributed by atoms with van der Waals surface area (Å²) >= 11 is 0. The lowest BCUT2D eigenvalue weighted by molar-refractivity contribution is 0.0754. The third-order valence-electron chi connectivity index (χ3n) is 4.55. The number of carbonyl (C=O) groups is 1. The highest BCUT2D eigenvalue weighted by atomic mass is 16.2. The molecule has 3 rings (SSSR count). The first-order valence-corrected chi connectivity index (χ1v) is 7.41. The summed E-state index contributed by atoms with van der Waals surface area (Å²) in [6.07, 6.45) is 6.69. The maximum Gasteiger partial charge on any atom is 0.289 e. The van der Waals surface area contributed by atoms with Crippen molar-refractivity contribution in [3.05, 3.63) is 18.2 Å². The van der Waals surface area contributed by atoms with Gasteiger partial charge in [0.1, 0.15) is 0 Å². The largest absolute Gasteiger partial charge is 0.334 e. The number of hydrogen-bond donors (Lipinski definition) is 1. The van der Waals surface area contributed by atoms with Crippen LogP contribution in [0.4, 0.5) is 0 Å². The molecule has 0 aromatic carbocycles. The molecule has 0 aliphatic carbocycles. The molecular formula is C14H23N5O. The van der Waals surface area contributed by atoms with Crippen molar-refractivity contribution in [1.29, 1.82) is 0 Å². The molecule has 3 heterocycles. The molecule has 6 heteroatoms. The van der Waals surface area contributed by atoms with Gasteiger partial charge >= 0.3 is 0 Å². The SMILES string of the molecule is Cn1ccnc1C(=O)N1CCC(N2CCC(N)CC2)C1. The molecule has 1 unspecified atom stereocenters. The molecule has 1 amide bonds. The van der Waals surface area contributed by atoms with E-state index in [1.807, 2.05) is 18.1 Å². The first-order chi connectivity index (χ1) is 9.65. The lowest BCUT2D eigenvalue weighted by Crippen LogP contribution is -2.46. The van der Waals surface area contributed by atoms with E-state index in [9.17, 15) is 4.79 Å². The summed E-state index contributed by atoms with van der Waals surface area (Å²) in [6.45, 7) is 3.78. The number of carbonyl (C=O) groups excluding carboxylic acids is 1. The molecule has 1 aromatic rings. The maximum atomic E-state index is 12.4. The van der Waals surface area contributed by atoms with Crippen LogP contribution < -0.4 is 5.73 Å². The van der Waals surface area contributed by atoms with E-state index in [-0.39, 0.29) is 5.91 Å². The third-order valence-corrected chi connectivity index (χ3v) is 4.55. The molecule has 2 saturated heterocycles. The van der Waals surface area contributed by atoms with Crippen LogP contribution in [0.5, 0.6) is 0 Å². The van der Waals surface area contributed by atoms with Crippen molar-refractivity contribution in [3.63, 3.8) is 0 Å². The molecule has 20 heavy (non-hydrogen) atoms. The van der Waals surface area contributed by atoms with Crippen LogP contribution in [0.3, 0.4) is 0 Å². The molecule has 0 radical (unpaired) electrons. The summed E-state index contributed by atoms with van der Waals surface area (Å²) in [5, 5.41) is 0. The number of nitrogens with two attached hydrogens (primary N) is 1. The van der Waals surface area contributed by atoms with Crippen molar-refractivity contribution < 1.29 is 4.79 Å². The van der Waals surface area contributed by atoms with Gasteiger partial charge in [0.05, 0.1) is 0 Å². The number of aromatic nitrogens is 2. The Morgan fingerprint density at radius 2 is 2.05 bits per heavy atom. The maximum absolute atomic E-state index is 12.4. The first kappa shape index (κ1) is 13.6. The van der Waals surface area contributed by atoms with Crippen molar-refractivity contribution in [1.82, 2.24) is 19.4 Å². The summed E-state index contributed by atoms with van der Waals surface area (Å²) in [4.78, 5) is 21.0. The quantitative estimate of drug-likeness (QED) is 0.830. The number of aryl methyl sites for hydroxylation is 1. The van der Waals surface area contributed by atoms with Gasteiger partial charge in [-0.1, -0.05) is 0 Å². The summed E-state index contributed by atoms with van der Waals surface area (Å²) in [6, 6.07) is 0.852. The first-order valence-electron chi connectivity index (χ1n) is 7.41. The van der Waals surface area contributed by atoms with Gasteiger partial charge in [-0.3, -0.25) is 9.69 Å². The predicted octanol–water partition coefficient (Wildman–Crippen LogP) is 0.0577. The molecule has 0 bridgehead atoms. The van der Waals surface area contributed by atoms with Gasteiger partial charge in [0.2, 0.25) is 0 Å². The molecule has 1 atom stereocenters. The second kappa shape index (κ2) is 5.54. The van der Waals surface area contributed by atoms with E-state index in [1.165, 1.54) is 0 Å². The average Bonchev–Trinajstić information content (AvgIpc) is 3.08. The zero-order chi connectivity index (χ0) is 14.1. The Morgan fingerprint density at radius 1 is 1.30 bits per heavy atom. The molecule has 1 aromatic heterocycles. The van der Waals surface area contributed by atoms with Crippen LogP contribution in [0.15, 0.2) is 12.4 Å². The summed E-state index contributed by atoms with van der Waals surface area (Å²) in [5.74, 6) is 0.583. The second-order valence-electron chi connectivity index (χ2n) is 5.93. The highest BCUT2D eigenvalue weighted by Gasteiger charge is 2.33. The Labute approximate surface area is 119 Å². The Morgan fingerprint density at radius 3 is 2.70 bits per heavy atom. The van der Waals surface area contributed by atoms with E-state index in [0.29, 0.717) is 17.9 Å². The molecule has 2 aliphatic rings. The van der Waals surface area contributed by atoms with Gasteiger partial charge < -0.3 is 15.2 Å². The molecule has 2 N–H and O–H groups in total. The fourth-order valence-electron chi connectivity index (χ4n) is 3.22. The van der Waals surface area contributed by atoms with E-state index in [4.69, 9.17) is 5.73 Å². The minimum absolute atomic E-state index is 0.0497. The number of piperidine rings is 1.